The summed E-state index contributed by atoms with van der Waals surface area (Å²) in [7, 11) is 0. The molecule has 1 aliphatic heterocycles. The number of H-pyrrole nitrogens is 1. The van der Waals surface area contributed by atoms with Crippen LogP contribution in [0.1, 0.15) is 12.6 Å². The topological polar surface area (TPSA) is 100 Å². The fourth-order valence-corrected chi connectivity index (χ4v) is 2.71. The van der Waals surface area contributed by atoms with Crippen LogP contribution in [0.4, 0.5) is 4.39 Å². The van der Waals surface area contributed by atoms with E-state index < -0.39 is 35.9 Å². The Balaban J connectivity index is 2.13. The molecular formula is C13H11ClFN3O4. The average molecular weight is 328 g/mol. The van der Waals surface area contributed by atoms with Gasteiger partial charge in [0, 0.05) is 12.6 Å². The molecule has 0 bridgehead atoms. The number of ether oxygens (including phenoxy) is 1. The Bertz CT molecular complexity index is 842. The van der Waals surface area contributed by atoms with E-state index in [4.69, 9.17) is 22.8 Å². The molecule has 3 heterocycles. The minimum absolute atomic E-state index is 0.0000775. The van der Waals surface area contributed by atoms with E-state index in [9.17, 15) is 19.4 Å². The molecule has 3 rings (SSSR count). The zero-order valence-electron chi connectivity index (χ0n) is 11.1. The number of hydrogen-bond donors (Lipinski definition) is 3. The van der Waals surface area contributed by atoms with Crippen molar-refractivity contribution >= 4 is 22.6 Å². The third-order valence-electron chi connectivity index (χ3n) is 3.71. The highest BCUT2D eigenvalue weighted by molar-refractivity contribution is 6.28. The SMILES string of the molecule is C#C[C@]1(CO)O[C@@H](n2cc(F)c3c(=O)[nH]c(Cl)nc32)C[C@@H]1O. The minimum Gasteiger partial charge on any atom is -0.392 e. The summed E-state index contributed by atoms with van der Waals surface area (Å²) in [6.45, 7) is -0.600. The maximum atomic E-state index is 14.0. The van der Waals surface area contributed by atoms with Crippen molar-refractivity contribution in [1.82, 2.24) is 14.5 Å². The van der Waals surface area contributed by atoms with Gasteiger partial charge in [0.2, 0.25) is 5.28 Å². The second-order valence-corrected chi connectivity index (χ2v) is 5.31. The maximum absolute atomic E-state index is 14.0. The predicted octanol–water partition coefficient (Wildman–Crippen LogP) is 0.161. The van der Waals surface area contributed by atoms with Crippen LogP contribution < -0.4 is 5.56 Å². The van der Waals surface area contributed by atoms with Gasteiger partial charge in [-0.15, -0.1) is 6.42 Å². The number of aliphatic hydroxyl groups excluding tert-OH is 2. The summed E-state index contributed by atoms with van der Waals surface area (Å²) in [4.78, 5) is 17.8. The van der Waals surface area contributed by atoms with Gasteiger partial charge in [-0.1, -0.05) is 5.92 Å². The van der Waals surface area contributed by atoms with Crippen molar-refractivity contribution in [2.24, 2.45) is 0 Å². The van der Waals surface area contributed by atoms with Crippen LogP contribution in [0.15, 0.2) is 11.0 Å². The van der Waals surface area contributed by atoms with Crippen molar-refractivity contribution in [1.29, 1.82) is 0 Å². The molecule has 3 N–H and O–H groups in total. The minimum atomic E-state index is -1.58. The number of aromatic nitrogens is 3. The zero-order valence-corrected chi connectivity index (χ0v) is 11.8. The Hall–Kier alpha value is -1.92. The molecule has 0 radical (unpaired) electrons. The first kappa shape index (κ1) is 15.0. The molecule has 7 nitrogen and oxygen atoms in total. The summed E-state index contributed by atoms with van der Waals surface area (Å²) in [5.74, 6) is 1.41. The molecule has 0 saturated carbocycles. The predicted molar refractivity (Wildman–Crippen MR) is 74.7 cm³/mol. The number of terminal acetylenes is 1. The number of hydrogen-bond acceptors (Lipinski definition) is 5. The molecule has 1 fully saturated rings. The standard InChI is InChI=1S/C13H11ClFN3O4/c1-2-13(5-19)7(20)3-8(22-13)18-4-6(15)9-10(18)16-12(14)17-11(9)21/h1,4,7-8,19-20H,3,5H2,(H,16,17,21)/t7-,8+,13+/m0/s1. The molecule has 1 aliphatic rings. The van der Waals surface area contributed by atoms with Crippen molar-refractivity contribution in [2.75, 3.05) is 6.61 Å². The number of rotatable bonds is 2. The molecule has 22 heavy (non-hydrogen) atoms. The van der Waals surface area contributed by atoms with Gasteiger partial charge < -0.3 is 19.5 Å². The van der Waals surface area contributed by atoms with E-state index in [1.165, 1.54) is 4.57 Å². The Morgan fingerprint density at radius 3 is 3.05 bits per heavy atom. The lowest BCUT2D eigenvalue weighted by Crippen LogP contribution is -2.41. The van der Waals surface area contributed by atoms with Gasteiger partial charge in [0.15, 0.2) is 17.1 Å². The van der Waals surface area contributed by atoms with E-state index in [0.717, 1.165) is 6.20 Å². The van der Waals surface area contributed by atoms with Crippen molar-refractivity contribution in [3.05, 3.63) is 27.7 Å². The number of nitrogens with zero attached hydrogens (tertiary/aromatic N) is 2. The lowest BCUT2D eigenvalue weighted by molar-refractivity contribution is -0.0891. The van der Waals surface area contributed by atoms with E-state index >= 15 is 0 Å². The second-order valence-electron chi connectivity index (χ2n) is 4.96. The van der Waals surface area contributed by atoms with Crippen molar-refractivity contribution < 1.29 is 19.3 Å². The van der Waals surface area contributed by atoms with Crippen molar-refractivity contribution in [2.45, 2.75) is 24.4 Å². The molecular weight excluding hydrogens is 317 g/mol. The largest absolute Gasteiger partial charge is 0.392 e. The maximum Gasteiger partial charge on any atom is 0.264 e. The third kappa shape index (κ3) is 2.02. The van der Waals surface area contributed by atoms with Gasteiger partial charge in [-0.3, -0.25) is 9.78 Å². The molecule has 3 atom stereocenters. The van der Waals surface area contributed by atoms with Crippen molar-refractivity contribution in [3.8, 4) is 12.3 Å². The fourth-order valence-electron chi connectivity index (χ4n) is 2.54. The van der Waals surface area contributed by atoms with Crippen LogP contribution in [0.25, 0.3) is 11.0 Å². The molecule has 0 spiro atoms. The fraction of sp³-hybridized carbons (Fsp3) is 0.385. The summed E-state index contributed by atoms with van der Waals surface area (Å²) in [6.07, 6.45) is 4.28. The van der Waals surface area contributed by atoms with Gasteiger partial charge in [0.25, 0.3) is 5.56 Å². The van der Waals surface area contributed by atoms with E-state index in [0.29, 0.717) is 0 Å². The first-order chi connectivity index (χ1) is 10.4. The van der Waals surface area contributed by atoms with E-state index in [1.54, 1.807) is 0 Å². The van der Waals surface area contributed by atoms with Crippen LogP contribution in [0.3, 0.4) is 0 Å². The molecule has 0 unspecified atom stereocenters. The first-order valence-corrected chi connectivity index (χ1v) is 6.70. The summed E-state index contributed by atoms with van der Waals surface area (Å²) in [5.41, 5.74) is -2.34. The van der Waals surface area contributed by atoms with Crippen LogP contribution in [-0.4, -0.2) is 43.1 Å². The molecule has 0 amide bonds. The Labute approximate surface area is 128 Å². The number of aromatic amines is 1. The van der Waals surface area contributed by atoms with E-state index in [2.05, 4.69) is 15.9 Å². The molecule has 0 aliphatic carbocycles. The number of fused-ring (bicyclic) bond motifs is 1. The van der Waals surface area contributed by atoms with E-state index in [1.807, 2.05) is 0 Å². The summed E-state index contributed by atoms with van der Waals surface area (Å²) in [6, 6.07) is 0. The summed E-state index contributed by atoms with van der Waals surface area (Å²) >= 11 is 5.69. The van der Waals surface area contributed by atoms with Gasteiger partial charge in [-0.05, 0) is 11.6 Å². The molecule has 116 valence electrons. The van der Waals surface area contributed by atoms with Crippen LogP contribution in [0.2, 0.25) is 5.28 Å². The third-order valence-corrected chi connectivity index (χ3v) is 3.89. The normalized spacial score (nSPS) is 28.1. The van der Waals surface area contributed by atoms with Gasteiger partial charge >= 0.3 is 0 Å². The number of halogens is 2. The lowest BCUT2D eigenvalue weighted by Gasteiger charge is -2.23. The second kappa shape index (κ2) is 5.07. The number of nitrogens with one attached hydrogen (secondary N) is 1. The highest BCUT2D eigenvalue weighted by atomic mass is 35.5. The van der Waals surface area contributed by atoms with Gasteiger partial charge in [-0.25, -0.2) is 9.37 Å². The smallest absolute Gasteiger partial charge is 0.264 e. The van der Waals surface area contributed by atoms with Crippen LogP contribution >= 0.6 is 11.6 Å². The van der Waals surface area contributed by atoms with E-state index in [-0.39, 0.29) is 22.7 Å². The van der Waals surface area contributed by atoms with Crippen molar-refractivity contribution in [3.63, 3.8) is 0 Å². The summed E-state index contributed by atoms with van der Waals surface area (Å²) < 4.78 is 20.7. The molecule has 2 aromatic rings. The molecule has 1 saturated heterocycles. The van der Waals surface area contributed by atoms with Crippen LogP contribution in [-0.2, 0) is 4.74 Å². The molecule has 9 heteroatoms. The van der Waals surface area contributed by atoms with Gasteiger partial charge in [-0.2, -0.15) is 0 Å². The Morgan fingerprint density at radius 1 is 1.73 bits per heavy atom. The quantitative estimate of drug-likeness (QED) is 0.539. The van der Waals surface area contributed by atoms with Gasteiger partial charge in [0.05, 0.1) is 6.61 Å². The highest BCUT2D eigenvalue weighted by Gasteiger charge is 2.47. The highest BCUT2D eigenvalue weighted by Crippen LogP contribution is 2.38. The monoisotopic (exact) mass is 327 g/mol. The summed E-state index contributed by atoms with van der Waals surface area (Å²) in [5, 5.41) is 18.9. The molecule has 0 aromatic carbocycles. The Morgan fingerprint density at radius 2 is 2.45 bits per heavy atom. The zero-order chi connectivity index (χ0) is 16.1. The average Bonchev–Trinajstić information content (AvgIpc) is 2.97. The molecule has 2 aromatic heterocycles. The Kier molecular flexibility index (Phi) is 3.45. The van der Waals surface area contributed by atoms with Crippen LogP contribution in [0.5, 0.6) is 0 Å². The van der Waals surface area contributed by atoms with Gasteiger partial charge in [0.1, 0.15) is 17.7 Å². The van der Waals surface area contributed by atoms with Crippen LogP contribution in [0, 0.1) is 18.2 Å². The lowest BCUT2D eigenvalue weighted by atomic mass is 9.99. The number of aliphatic hydroxyl groups is 2. The first-order valence-electron chi connectivity index (χ1n) is 6.32.